The monoisotopic (exact) mass is 298 g/mol. The van der Waals surface area contributed by atoms with Gasteiger partial charge in [0.05, 0.1) is 0 Å². The van der Waals surface area contributed by atoms with Crippen LogP contribution in [0.1, 0.15) is 23.7 Å². The van der Waals surface area contributed by atoms with Crippen molar-refractivity contribution in [1.82, 2.24) is 4.57 Å². The van der Waals surface area contributed by atoms with Crippen LogP contribution in [-0.2, 0) is 19.5 Å². The van der Waals surface area contributed by atoms with Gasteiger partial charge in [0, 0.05) is 41.1 Å². The molecule has 3 rings (SSSR count). The van der Waals surface area contributed by atoms with Crippen molar-refractivity contribution in [3.05, 3.63) is 70.4 Å². The first-order valence-corrected chi connectivity index (χ1v) is 7.66. The number of nitrogens with zero attached hydrogens (tertiary/aromatic N) is 1. The van der Waals surface area contributed by atoms with E-state index in [-0.39, 0.29) is 0 Å². The third kappa shape index (κ3) is 2.57. The molecular weight excluding hydrogens is 280 g/mol. The van der Waals surface area contributed by atoms with Crippen molar-refractivity contribution < 1.29 is 0 Å². The molecule has 0 fully saturated rings. The van der Waals surface area contributed by atoms with E-state index in [2.05, 4.69) is 47.9 Å². The molecule has 21 heavy (non-hydrogen) atoms. The number of rotatable bonds is 4. The lowest BCUT2D eigenvalue weighted by atomic mass is 10.0. The van der Waals surface area contributed by atoms with Gasteiger partial charge < -0.3 is 10.3 Å². The zero-order chi connectivity index (χ0) is 14.8. The van der Waals surface area contributed by atoms with Crippen LogP contribution in [0.3, 0.4) is 0 Å². The Bertz CT molecular complexity index is 716. The Kier molecular flexibility index (Phi) is 4.00. The van der Waals surface area contributed by atoms with Gasteiger partial charge in [-0.2, -0.15) is 0 Å². The fourth-order valence-electron chi connectivity index (χ4n) is 3.01. The fraction of sp³-hybridized carbons (Fsp3) is 0.222. The molecule has 1 aromatic heterocycles. The standard InChI is InChI=1S/C18H19ClN2/c1-2-21-17-6-4-3-5-15(17)16(12-20)18(21)11-13-7-9-14(19)10-8-13/h3-10H,2,11-12,20H2,1H3. The molecule has 0 spiro atoms. The summed E-state index contributed by atoms with van der Waals surface area (Å²) in [5, 5.41) is 2.04. The minimum Gasteiger partial charge on any atom is -0.344 e. The molecule has 0 atom stereocenters. The van der Waals surface area contributed by atoms with Crippen LogP contribution < -0.4 is 5.73 Å². The van der Waals surface area contributed by atoms with Crippen LogP contribution in [-0.4, -0.2) is 4.57 Å². The van der Waals surface area contributed by atoms with Gasteiger partial charge in [-0.25, -0.2) is 0 Å². The molecule has 0 saturated heterocycles. The van der Waals surface area contributed by atoms with E-state index >= 15 is 0 Å². The SMILES string of the molecule is CCn1c(Cc2ccc(Cl)cc2)c(CN)c2ccccc21. The normalized spacial score (nSPS) is 11.2. The van der Waals surface area contributed by atoms with Crippen molar-refractivity contribution in [2.45, 2.75) is 26.4 Å². The maximum Gasteiger partial charge on any atom is 0.0485 e. The summed E-state index contributed by atoms with van der Waals surface area (Å²) < 4.78 is 2.37. The first-order chi connectivity index (χ1) is 10.2. The first-order valence-electron chi connectivity index (χ1n) is 7.28. The molecule has 1 heterocycles. The van der Waals surface area contributed by atoms with Crippen LogP contribution in [0.4, 0.5) is 0 Å². The second-order valence-electron chi connectivity index (χ2n) is 5.19. The van der Waals surface area contributed by atoms with Crippen LogP contribution in [0.25, 0.3) is 10.9 Å². The van der Waals surface area contributed by atoms with Gasteiger partial charge >= 0.3 is 0 Å². The fourth-order valence-corrected chi connectivity index (χ4v) is 3.14. The molecule has 3 heteroatoms. The minimum atomic E-state index is 0.566. The number of aromatic nitrogens is 1. The van der Waals surface area contributed by atoms with Crippen LogP contribution in [0.5, 0.6) is 0 Å². The van der Waals surface area contributed by atoms with Crippen LogP contribution >= 0.6 is 11.6 Å². The van der Waals surface area contributed by atoms with Crippen molar-refractivity contribution in [3.63, 3.8) is 0 Å². The summed E-state index contributed by atoms with van der Waals surface area (Å²) in [6, 6.07) is 16.5. The van der Waals surface area contributed by atoms with Crippen molar-refractivity contribution in [2.24, 2.45) is 5.73 Å². The van der Waals surface area contributed by atoms with Crippen molar-refractivity contribution in [3.8, 4) is 0 Å². The molecule has 0 saturated carbocycles. The molecule has 0 amide bonds. The molecule has 108 valence electrons. The number of halogens is 1. The van der Waals surface area contributed by atoms with Gasteiger partial charge in [0.2, 0.25) is 0 Å². The van der Waals surface area contributed by atoms with Crippen LogP contribution in [0.2, 0.25) is 5.02 Å². The van der Waals surface area contributed by atoms with Gasteiger partial charge in [-0.05, 0) is 36.2 Å². The largest absolute Gasteiger partial charge is 0.344 e. The van der Waals surface area contributed by atoms with Crippen molar-refractivity contribution in [2.75, 3.05) is 0 Å². The number of benzene rings is 2. The summed E-state index contributed by atoms with van der Waals surface area (Å²) in [6.07, 6.45) is 0.881. The van der Waals surface area contributed by atoms with E-state index in [9.17, 15) is 0 Å². The van der Waals surface area contributed by atoms with Crippen molar-refractivity contribution in [1.29, 1.82) is 0 Å². The Balaban J connectivity index is 2.14. The molecule has 2 aromatic carbocycles. The minimum absolute atomic E-state index is 0.566. The van der Waals surface area contributed by atoms with E-state index in [1.807, 2.05) is 12.1 Å². The molecule has 0 aliphatic rings. The van der Waals surface area contributed by atoms with Gasteiger partial charge in [-0.1, -0.05) is 41.9 Å². The zero-order valence-electron chi connectivity index (χ0n) is 12.1. The highest BCUT2D eigenvalue weighted by Gasteiger charge is 2.15. The quantitative estimate of drug-likeness (QED) is 0.762. The van der Waals surface area contributed by atoms with E-state index in [0.717, 1.165) is 18.0 Å². The highest BCUT2D eigenvalue weighted by atomic mass is 35.5. The smallest absolute Gasteiger partial charge is 0.0485 e. The lowest BCUT2D eigenvalue weighted by molar-refractivity contribution is 0.743. The summed E-state index contributed by atoms with van der Waals surface area (Å²) in [5.41, 5.74) is 11.1. The molecule has 0 bridgehead atoms. The summed E-state index contributed by atoms with van der Waals surface area (Å²) in [7, 11) is 0. The number of hydrogen-bond donors (Lipinski definition) is 1. The average Bonchev–Trinajstić information content (AvgIpc) is 2.82. The van der Waals surface area contributed by atoms with E-state index in [4.69, 9.17) is 17.3 Å². The number of para-hydroxylation sites is 1. The van der Waals surface area contributed by atoms with E-state index < -0.39 is 0 Å². The topological polar surface area (TPSA) is 30.9 Å². The third-order valence-electron chi connectivity index (χ3n) is 4.00. The van der Waals surface area contributed by atoms with Crippen LogP contribution in [0.15, 0.2) is 48.5 Å². The summed E-state index contributed by atoms with van der Waals surface area (Å²) in [5.74, 6) is 0. The molecule has 0 aliphatic carbocycles. The summed E-state index contributed by atoms with van der Waals surface area (Å²) >= 11 is 5.97. The molecule has 0 aliphatic heterocycles. The van der Waals surface area contributed by atoms with Gasteiger partial charge in [0.15, 0.2) is 0 Å². The summed E-state index contributed by atoms with van der Waals surface area (Å²) in [6.45, 7) is 3.69. The third-order valence-corrected chi connectivity index (χ3v) is 4.25. The second-order valence-corrected chi connectivity index (χ2v) is 5.63. The Morgan fingerprint density at radius 3 is 2.43 bits per heavy atom. The molecule has 2 N–H and O–H groups in total. The predicted octanol–water partition coefficient (Wildman–Crippen LogP) is 4.36. The number of hydrogen-bond acceptors (Lipinski definition) is 1. The Morgan fingerprint density at radius 1 is 1.05 bits per heavy atom. The van der Waals surface area contributed by atoms with Gasteiger partial charge in [-0.15, -0.1) is 0 Å². The number of aryl methyl sites for hydroxylation is 1. The Labute approximate surface area is 130 Å². The maximum atomic E-state index is 6.03. The highest BCUT2D eigenvalue weighted by Crippen LogP contribution is 2.28. The average molecular weight is 299 g/mol. The first kappa shape index (κ1) is 14.2. The van der Waals surface area contributed by atoms with E-state index in [1.54, 1.807) is 0 Å². The van der Waals surface area contributed by atoms with Gasteiger partial charge in [0.25, 0.3) is 0 Å². The lowest BCUT2D eigenvalue weighted by Crippen LogP contribution is -2.06. The van der Waals surface area contributed by atoms with E-state index in [0.29, 0.717) is 6.54 Å². The number of fused-ring (bicyclic) bond motifs is 1. The lowest BCUT2D eigenvalue weighted by Gasteiger charge is -2.10. The highest BCUT2D eigenvalue weighted by molar-refractivity contribution is 6.30. The van der Waals surface area contributed by atoms with E-state index in [1.165, 1.54) is 27.7 Å². The molecule has 0 unspecified atom stereocenters. The molecular formula is C18H19ClN2. The second kappa shape index (κ2) is 5.92. The van der Waals surface area contributed by atoms with Crippen LogP contribution in [0, 0.1) is 0 Å². The molecule has 3 aromatic rings. The number of nitrogens with two attached hydrogens (primary N) is 1. The predicted molar refractivity (Wildman–Crippen MR) is 89.8 cm³/mol. The van der Waals surface area contributed by atoms with Gasteiger partial charge in [0.1, 0.15) is 0 Å². The molecule has 2 nitrogen and oxygen atoms in total. The van der Waals surface area contributed by atoms with Crippen molar-refractivity contribution >= 4 is 22.5 Å². The zero-order valence-corrected chi connectivity index (χ0v) is 12.9. The summed E-state index contributed by atoms with van der Waals surface area (Å²) in [4.78, 5) is 0. The maximum absolute atomic E-state index is 6.03. The Hall–Kier alpha value is -1.77. The molecule has 0 radical (unpaired) electrons. The Morgan fingerprint density at radius 2 is 1.76 bits per heavy atom. The van der Waals surface area contributed by atoms with Gasteiger partial charge in [-0.3, -0.25) is 0 Å².